The second-order valence-corrected chi connectivity index (χ2v) is 6.09. The Morgan fingerprint density at radius 3 is 1.87 bits per heavy atom. The summed E-state index contributed by atoms with van der Waals surface area (Å²) in [4.78, 5) is 22.2. The van der Waals surface area contributed by atoms with Gasteiger partial charge < -0.3 is 14.2 Å². The molecule has 2 fully saturated rings. The van der Waals surface area contributed by atoms with E-state index < -0.39 is 0 Å². The zero-order valence-corrected chi connectivity index (χ0v) is 15.6. The number of rotatable bonds is 4. The Morgan fingerprint density at radius 2 is 1.48 bits per heavy atom. The number of hydrogen-bond donors (Lipinski definition) is 0. The summed E-state index contributed by atoms with van der Waals surface area (Å²) in [6.07, 6.45) is 3.46. The van der Waals surface area contributed by atoms with Gasteiger partial charge in [-0.1, -0.05) is 41.5 Å². The van der Waals surface area contributed by atoms with E-state index in [1.807, 2.05) is 41.5 Å². The summed E-state index contributed by atoms with van der Waals surface area (Å²) in [6.45, 7) is 13.0. The van der Waals surface area contributed by atoms with Crippen LogP contribution in [0.25, 0.3) is 0 Å². The molecule has 0 radical (unpaired) electrons. The molecule has 2 atom stereocenters. The van der Waals surface area contributed by atoms with Gasteiger partial charge in [0, 0.05) is 18.9 Å². The Balaban J connectivity index is 0.000000381. The first-order valence-electron chi connectivity index (χ1n) is 8.89. The van der Waals surface area contributed by atoms with Crippen LogP contribution in [-0.2, 0) is 23.8 Å². The van der Waals surface area contributed by atoms with E-state index in [0.717, 1.165) is 38.9 Å². The summed E-state index contributed by atoms with van der Waals surface area (Å²) < 4.78 is 15.4. The molecular weight excluding hydrogens is 296 g/mol. The van der Waals surface area contributed by atoms with Crippen LogP contribution in [0.5, 0.6) is 0 Å². The van der Waals surface area contributed by atoms with Crippen molar-refractivity contribution >= 4 is 11.8 Å². The quantitative estimate of drug-likeness (QED) is 0.735. The fourth-order valence-corrected chi connectivity index (χ4v) is 2.08. The van der Waals surface area contributed by atoms with E-state index in [2.05, 4.69) is 0 Å². The molecule has 0 aromatic rings. The molecule has 2 aliphatic heterocycles. The van der Waals surface area contributed by atoms with E-state index in [9.17, 15) is 9.59 Å². The lowest BCUT2D eigenvalue weighted by Crippen LogP contribution is -2.23. The molecule has 2 rings (SSSR count). The molecular formula is C18H34O5. The molecule has 0 amide bonds. The largest absolute Gasteiger partial charge is 0.436 e. The summed E-state index contributed by atoms with van der Waals surface area (Å²) in [6, 6.07) is 0. The van der Waals surface area contributed by atoms with Crippen LogP contribution in [0.1, 0.15) is 67.2 Å². The van der Waals surface area contributed by atoms with E-state index in [-0.39, 0.29) is 36.0 Å². The zero-order valence-electron chi connectivity index (χ0n) is 15.6. The third-order valence-electron chi connectivity index (χ3n) is 3.42. The van der Waals surface area contributed by atoms with Crippen LogP contribution in [0, 0.1) is 11.8 Å². The molecule has 0 bridgehead atoms. The first-order valence-corrected chi connectivity index (χ1v) is 8.89. The highest BCUT2D eigenvalue weighted by Gasteiger charge is 2.25. The Hall–Kier alpha value is -0.940. The number of ketones is 1. The summed E-state index contributed by atoms with van der Waals surface area (Å²) in [7, 11) is 0. The maximum Gasteiger partial charge on any atom is 0.310 e. The fraction of sp³-hybridized carbons (Fsp3) is 0.889. The van der Waals surface area contributed by atoms with Gasteiger partial charge in [-0.15, -0.1) is 0 Å². The minimum absolute atomic E-state index is 0.0563. The molecule has 2 heterocycles. The molecule has 2 aliphatic rings. The Morgan fingerprint density at radius 1 is 0.913 bits per heavy atom. The molecule has 23 heavy (non-hydrogen) atoms. The lowest BCUT2D eigenvalue weighted by Gasteiger charge is -2.12. The van der Waals surface area contributed by atoms with Gasteiger partial charge in [-0.3, -0.25) is 9.59 Å². The molecule has 5 nitrogen and oxygen atoms in total. The maximum absolute atomic E-state index is 11.2. The molecule has 0 aliphatic carbocycles. The van der Waals surface area contributed by atoms with Crippen LogP contribution in [-0.4, -0.2) is 37.4 Å². The van der Waals surface area contributed by atoms with Crippen molar-refractivity contribution in [2.75, 3.05) is 13.2 Å². The first kappa shape index (κ1) is 22.1. The molecule has 0 saturated carbocycles. The van der Waals surface area contributed by atoms with Crippen molar-refractivity contribution in [2.45, 2.75) is 79.6 Å². The van der Waals surface area contributed by atoms with Crippen molar-refractivity contribution in [3.05, 3.63) is 0 Å². The number of carbonyl (C=O) groups is 2. The van der Waals surface area contributed by atoms with Crippen LogP contribution >= 0.6 is 0 Å². The minimum Gasteiger partial charge on any atom is -0.436 e. The highest BCUT2D eigenvalue weighted by atomic mass is 16.7. The molecule has 5 heteroatoms. The molecule has 0 N–H and O–H groups in total. The number of Topliss-reactive ketones (excluding diaryl/α,β-unsaturated/α-hetero) is 1. The predicted molar refractivity (Wildman–Crippen MR) is 90.1 cm³/mol. The van der Waals surface area contributed by atoms with Gasteiger partial charge in [-0.05, 0) is 19.3 Å². The average molecular weight is 330 g/mol. The van der Waals surface area contributed by atoms with E-state index in [0.29, 0.717) is 0 Å². The predicted octanol–water partition coefficient (Wildman–Crippen LogP) is 3.74. The third kappa shape index (κ3) is 9.06. The van der Waals surface area contributed by atoms with Gasteiger partial charge in [0.25, 0.3) is 0 Å². The smallest absolute Gasteiger partial charge is 0.310 e. The lowest BCUT2D eigenvalue weighted by atomic mass is 10.0. The second-order valence-electron chi connectivity index (χ2n) is 6.09. The summed E-state index contributed by atoms with van der Waals surface area (Å²) in [5, 5.41) is 0. The zero-order chi connectivity index (χ0) is 17.8. The lowest BCUT2D eigenvalue weighted by molar-refractivity contribution is -0.173. The highest BCUT2D eigenvalue weighted by molar-refractivity contribution is 5.84. The van der Waals surface area contributed by atoms with Gasteiger partial charge in [0.1, 0.15) is 6.10 Å². The SMILES string of the molecule is CC.CC(C)C(=O)C1CCCO1.CC(C)C(=O)OC1CCCO1. The van der Waals surface area contributed by atoms with E-state index >= 15 is 0 Å². The van der Waals surface area contributed by atoms with E-state index in [1.165, 1.54) is 0 Å². The van der Waals surface area contributed by atoms with Crippen LogP contribution in [0.2, 0.25) is 0 Å². The van der Waals surface area contributed by atoms with Gasteiger partial charge in [0.05, 0.1) is 12.5 Å². The van der Waals surface area contributed by atoms with E-state index in [4.69, 9.17) is 14.2 Å². The number of esters is 1. The van der Waals surface area contributed by atoms with Crippen molar-refractivity contribution < 1.29 is 23.8 Å². The normalized spacial score (nSPS) is 23.0. The molecule has 0 aromatic heterocycles. The van der Waals surface area contributed by atoms with Gasteiger partial charge in [-0.25, -0.2) is 0 Å². The molecule has 2 saturated heterocycles. The van der Waals surface area contributed by atoms with Gasteiger partial charge >= 0.3 is 5.97 Å². The molecule has 136 valence electrons. The summed E-state index contributed by atoms with van der Waals surface area (Å²) in [5.41, 5.74) is 0. The highest BCUT2D eigenvalue weighted by Crippen LogP contribution is 2.16. The average Bonchev–Trinajstić information content (AvgIpc) is 3.22. The van der Waals surface area contributed by atoms with Crippen LogP contribution in [0.15, 0.2) is 0 Å². The summed E-state index contributed by atoms with van der Waals surface area (Å²) >= 11 is 0. The second kappa shape index (κ2) is 12.5. The maximum atomic E-state index is 11.2. The fourth-order valence-electron chi connectivity index (χ4n) is 2.08. The van der Waals surface area contributed by atoms with Crippen LogP contribution < -0.4 is 0 Å². The number of carbonyl (C=O) groups excluding carboxylic acids is 2. The third-order valence-corrected chi connectivity index (χ3v) is 3.42. The molecule has 2 unspecified atom stereocenters. The standard InChI is InChI=1S/C8H14O3.C8H14O2.C2H6/c1-6(2)8(9)11-7-4-3-5-10-7;1-6(2)8(9)7-4-3-5-10-7;1-2/h6-7H,3-5H2,1-2H3;6-7H,3-5H2,1-2H3;1-2H3. The Bertz CT molecular complexity index is 326. The van der Waals surface area contributed by atoms with Crippen molar-refractivity contribution in [3.63, 3.8) is 0 Å². The minimum atomic E-state index is -0.273. The van der Waals surface area contributed by atoms with Crippen molar-refractivity contribution in [3.8, 4) is 0 Å². The van der Waals surface area contributed by atoms with Gasteiger partial charge in [0.15, 0.2) is 5.78 Å². The van der Waals surface area contributed by atoms with Crippen molar-refractivity contribution in [1.82, 2.24) is 0 Å². The van der Waals surface area contributed by atoms with Gasteiger partial charge in [0.2, 0.25) is 6.29 Å². The number of ether oxygens (including phenoxy) is 3. The van der Waals surface area contributed by atoms with Crippen LogP contribution in [0.3, 0.4) is 0 Å². The molecule has 0 spiro atoms. The summed E-state index contributed by atoms with van der Waals surface area (Å²) in [5.74, 6) is 0.164. The monoisotopic (exact) mass is 330 g/mol. The van der Waals surface area contributed by atoms with Gasteiger partial charge in [-0.2, -0.15) is 0 Å². The van der Waals surface area contributed by atoms with E-state index in [1.54, 1.807) is 0 Å². The Kier molecular flexibility index (Phi) is 12.0. The Labute approximate surface area is 141 Å². The van der Waals surface area contributed by atoms with Crippen LogP contribution in [0.4, 0.5) is 0 Å². The van der Waals surface area contributed by atoms with Crippen molar-refractivity contribution in [2.24, 2.45) is 11.8 Å². The topological polar surface area (TPSA) is 61.8 Å². The van der Waals surface area contributed by atoms with Crippen molar-refractivity contribution in [1.29, 1.82) is 0 Å². The first-order chi connectivity index (χ1) is 10.9. The molecule has 0 aromatic carbocycles. The number of hydrogen-bond acceptors (Lipinski definition) is 5.